The second kappa shape index (κ2) is 3.54. The highest BCUT2D eigenvalue weighted by Gasteiger charge is 2.32. The van der Waals surface area contributed by atoms with Crippen molar-refractivity contribution in [2.45, 2.75) is 24.9 Å². The summed E-state index contributed by atoms with van der Waals surface area (Å²) in [5.41, 5.74) is 0.0851. The van der Waals surface area contributed by atoms with E-state index in [1.807, 2.05) is 6.08 Å². The standard InChI is InChI=1S/C8H13BrO/c1-2-4-8(7-9)5-3-6-10-8/h2H,1,3-7H2. The van der Waals surface area contributed by atoms with Gasteiger partial charge in [0, 0.05) is 11.9 Å². The van der Waals surface area contributed by atoms with Crippen LogP contribution in [-0.4, -0.2) is 17.5 Å². The normalized spacial score (nSPS) is 32.5. The van der Waals surface area contributed by atoms with Crippen molar-refractivity contribution in [3.8, 4) is 0 Å². The molecule has 0 aromatic rings. The topological polar surface area (TPSA) is 9.23 Å². The fraction of sp³-hybridized carbons (Fsp3) is 0.750. The molecule has 0 aliphatic carbocycles. The Morgan fingerprint density at radius 1 is 1.70 bits per heavy atom. The van der Waals surface area contributed by atoms with Gasteiger partial charge >= 0.3 is 0 Å². The van der Waals surface area contributed by atoms with Crippen molar-refractivity contribution in [1.29, 1.82) is 0 Å². The van der Waals surface area contributed by atoms with E-state index in [9.17, 15) is 0 Å². The third-order valence-corrected chi connectivity index (χ3v) is 2.97. The first-order valence-corrected chi connectivity index (χ1v) is 4.76. The van der Waals surface area contributed by atoms with E-state index in [1.54, 1.807) is 0 Å². The van der Waals surface area contributed by atoms with Gasteiger partial charge in [-0.15, -0.1) is 6.58 Å². The lowest BCUT2D eigenvalue weighted by Gasteiger charge is -2.23. The van der Waals surface area contributed by atoms with Gasteiger partial charge in [-0.05, 0) is 19.3 Å². The lowest BCUT2D eigenvalue weighted by molar-refractivity contribution is 0.0282. The predicted octanol–water partition coefficient (Wildman–Crippen LogP) is 2.51. The highest BCUT2D eigenvalue weighted by molar-refractivity contribution is 9.09. The summed E-state index contributed by atoms with van der Waals surface area (Å²) < 4.78 is 5.61. The second-order valence-corrected chi connectivity index (χ2v) is 3.32. The van der Waals surface area contributed by atoms with Crippen molar-refractivity contribution in [1.82, 2.24) is 0 Å². The summed E-state index contributed by atoms with van der Waals surface area (Å²) in [7, 11) is 0. The zero-order valence-electron chi connectivity index (χ0n) is 6.11. The van der Waals surface area contributed by atoms with Crippen LogP contribution in [0.15, 0.2) is 12.7 Å². The molecule has 0 bridgehead atoms. The average molecular weight is 205 g/mol. The Hall–Kier alpha value is 0.180. The molecule has 1 heterocycles. The first kappa shape index (κ1) is 8.28. The molecule has 0 radical (unpaired) electrons. The molecule has 0 aromatic heterocycles. The molecular formula is C8H13BrO. The van der Waals surface area contributed by atoms with Gasteiger partial charge in [0.15, 0.2) is 0 Å². The molecule has 1 aliphatic rings. The summed E-state index contributed by atoms with van der Waals surface area (Å²) in [4.78, 5) is 0. The molecule has 1 nitrogen and oxygen atoms in total. The Kier molecular flexibility index (Phi) is 2.93. The van der Waals surface area contributed by atoms with Crippen LogP contribution in [0.4, 0.5) is 0 Å². The zero-order valence-corrected chi connectivity index (χ0v) is 7.69. The van der Waals surface area contributed by atoms with E-state index in [0.29, 0.717) is 0 Å². The highest BCUT2D eigenvalue weighted by atomic mass is 79.9. The highest BCUT2D eigenvalue weighted by Crippen LogP contribution is 2.30. The molecule has 0 N–H and O–H groups in total. The van der Waals surface area contributed by atoms with Gasteiger partial charge in [-0.2, -0.15) is 0 Å². The van der Waals surface area contributed by atoms with E-state index in [2.05, 4.69) is 22.5 Å². The predicted molar refractivity (Wildman–Crippen MR) is 46.5 cm³/mol. The van der Waals surface area contributed by atoms with Gasteiger partial charge in [0.1, 0.15) is 0 Å². The first-order valence-electron chi connectivity index (χ1n) is 3.64. The molecule has 1 saturated heterocycles. The van der Waals surface area contributed by atoms with Crippen molar-refractivity contribution in [3.63, 3.8) is 0 Å². The quantitative estimate of drug-likeness (QED) is 0.508. The third kappa shape index (κ3) is 1.61. The summed E-state index contributed by atoms with van der Waals surface area (Å²) >= 11 is 3.46. The molecule has 10 heavy (non-hydrogen) atoms. The first-order chi connectivity index (χ1) is 4.83. The fourth-order valence-electron chi connectivity index (χ4n) is 1.34. The van der Waals surface area contributed by atoms with Gasteiger partial charge in [-0.3, -0.25) is 0 Å². The SMILES string of the molecule is C=CCC1(CBr)CCCO1. The summed E-state index contributed by atoms with van der Waals surface area (Å²) in [6.45, 7) is 4.63. The van der Waals surface area contributed by atoms with Crippen molar-refractivity contribution >= 4 is 15.9 Å². The molecule has 1 fully saturated rings. The van der Waals surface area contributed by atoms with Crippen LogP contribution in [0.1, 0.15) is 19.3 Å². The Morgan fingerprint density at radius 2 is 2.50 bits per heavy atom. The Labute approximate surface area is 70.6 Å². The monoisotopic (exact) mass is 204 g/mol. The van der Waals surface area contributed by atoms with Crippen LogP contribution in [0.3, 0.4) is 0 Å². The Morgan fingerprint density at radius 3 is 2.90 bits per heavy atom. The molecule has 0 amide bonds. The van der Waals surface area contributed by atoms with Crippen LogP contribution in [0.25, 0.3) is 0 Å². The maximum atomic E-state index is 5.61. The van der Waals surface area contributed by atoms with Crippen LogP contribution in [0.5, 0.6) is 0 Å². The van der Waals surface area contributed by atoms with Crippen molar-refractivity contribution in [2.24, 2.45) is 0 Å². The molecule has 1 unspecified atom stereocenters. The van der Waals surface area contributed by atoms with E-state index in [-0.39, 0.29) is 5.60 Å². The summed E-state index contributed by atoms with van der Waals surface area (Å²) in [5.74, 6) is 0. The molecule has 1 aliphatic heterocycles. The summed E-state index contributed by atoms with van der Waals surface area (Å²) in [6.07, 6.45) is 5.27. The molecular weight excluding hydrogens is 192 g/mol. The van der Waals surface area contributed by atoms with Gasteiger partial charge in [-0.25, -0.2) is 0 Å². The largest absolute Gasteiger partial charge is 0.374 e. The lowest BCUT2D eigenvalue weighted by atomic mass is 9.99. The fourth-order valence-corrected chi connectivity index (χ4v) is 2.01. The van der Waals surface area contributed by atoms with E-state index < -0.39 is 0 Å². The number of hydrogen-bond acceptors (Lipinski definition) is 1. The minimum Gasteiger partial charge on any atom is -0.374 e. The minimum atomic E-state index is 0.0851. The second-order valence-electron chi connectivity index (χ2n) is 2.76. The maximum absolute atomic E-state index is 5.61. The molecule has 0 spiro atoms. The molecule has 0 saturated carbocycles. The van der Waals surface area contributed by atoms with Gasteiger partial charge in [-0.1, -0.05) is 22.0 Å². The molecule has 0 aromatic carbocycles. The summed E-state index contributed by atoms with van der Waals surface area (Å²) in [6, 6.07) is 0. The van der Waals surface area contributed by atoms with Crippen LogP contribution in [-0.2, 0) is 4.74 Å². The molecule has 58 valence electrons. The maximum Gasteiger partial charge on any atom is 0.0813 e. The molecule has 1 atom stereocenters. The van der Waals surface area contributed by atoms with Crippen LogP contribution in [0.2, 0.25) is 0 Å². The Bertz CT molecular complexity index is 116. The number of rotatable bonds is 3. The van der Waals surface area contributed by atoms with E-state index >= 15 is 0 Å². The third-order valence-electron chi connectivity index (χ3n) is 1.94. The summed E-state index contributed by atoms with van der Waals surface area (Å²) in [5, 5.41) is 0.937. The minimum absolute atomic E-state index is 0.0851. The van der Waals surface area contributed by atoms with Gasteiger partial charge in [0.25, 0.3) is 0 Å². The Balaban J connectivity index is 2.48. The van der Waals surface area contributed by atoms with Gasteiger partial charge in [0.2, 0.25) is 0 Å². The van der Waals surface area contributed by atoms with E-state index in [1.165, 1.54) is 12.8 Å². The average Bonchev–Trinajstić information content (AvgIpc) is 2.39. The van der Waals surface area contributed by atoms with E-state index in [0.717, 1.165) is 18.4 Å². The number of halogens is 1. The van der Waals surface area contributed by atoms with Crippen LogP contribution < -0.4 is 0 Å². The van der Waals surface area contributed by atoms with E-state index in [4.69, 9.17) is 4.74 Å². The van der Waals surface area contributed by atoms with Crippen molar-refractivity contribution < 1.29 is 4.74 Å². The number of ether oxygens (including phenoxy) is 1. The lowest BCUT2D eigenvalue weighted by Crippen LogP contribution is -2.28. The smallest absolute Gasteiger partial charge is 0.0813 e. The van der Waals surface area contributed by atoms with Gasteiger partial charge in [0.05, 0.1) is 5.60 Å². The van der Waals surface area contributed by atoms with Crippen molar-refractivity contribution in [3.05, 3.63) is 12.7 Å². The zero-order chi connectivity index (χ0) is 7.45. The number of hydrogen-bond donors (Lipinski definition) is 0. The van der Waals surface area contributed by atoms with Crippen LogP contribution in [0, 0.1) is 0 Å². The molecule has 1 rings (SSSR count). The number of alkyl halides is 1. The van der Waals surface area contributed by atoms with Crippen LogP contribution >= 0.6 is 15.9 Å². The van der Waals surface area contributed by atoms with Gasteiger partial charge < -0.3 is 4.74 Å². The molecule has 2 heteroatoms. The van der Waals surface area contributed by atoms with Crippen molar-refractivity contribution in [2.75, 3.05) is 11.9 Å².